The van der Waals surface area contributed by atoms with Crippen molar-refractivity contribution in [3.05, 3.63) is 39.9 Å². The molecule has 1 aromatic carbocycles. The Balaban J connectivity index is 2.31. The molecule has 0 saturated heterocycles. The monoisotopic (exact) mass is 331 g/mol. The van der Waals surface area contributed by atoms with Gasteiger partial charge in [-0.3, -0.25) is 5.43 Å². The van der Waals surface area contributed by atoms with Crippen LogP contribution in [0.25, 0.3) is 0 Å². The quantitative estimate of drug-likeness (QED) is 0.641. The predicted molar refractivity (Wildman–Crippen MR) is 92.1 cm³/mol. The normalized spacial score (nSPS) is 11.5. The van der Waals surface area contributed by atoms with Crippen LogP contribution in [0, 0.1) is 0 Å². The number of nitrogens with zero attached hydrogens (tertiary/aromatic N) is 3. The van der Waals surface area contributed by atoms with E-state index in [-0.39, 0.29) is 5.41 Å². The number of H-pyrrole nitrogens is 1. The van der Waals surface area contributed by atoms with Gasteiger partial charge in [-0.2, -0.15) is 15.2 Å². The third kappa shape index (κ3) is 3.89. The van der Waals surface area contributed by atoms with E-state index in [0.717, 1.165) is 5.56 Å². The van der Waals surface area contributed by atoms with E-state index in [1.54, 1.807) is 26.5 Å². The number of methoxy groups -OCH3 is 2. The molecule has 0 saturated carbocycles. The SMILES string of the molecule is COc1cccc(/C=N/Nc2nc(=O)[nH]nc2C(C)(C)C)c1OC. The van der Waals surface area contributed by atoms with Gasteiger partial charge in [0.05, 0.1) is 20.4 Å². The van der Waals surface area contributed by atoms with E-state index in [4.69, 9.17) is 9.47 Å². The number of anilines is 1. The minimum atomic E-state index is -0.542. The molecule has 8 nitrogen and oxygen atoms in total. The van der Waals surface area contributed by atoms with Gasteiger partial charge in [0.1, 0.15) is 5.69 Å². The number of benzene rings is 1. The molecule has 0 spiro atoms. The molecule has 2 N–H and O–H groups in total. The molecule has 2 aromatic rings. The Bertz CT molecular complexity index is 793. The van der Waals surface area contributed by atoms with Crippen molar-refractivity contribution in [3.8, 4) is 11.5 Å². The molecule has 0 amide bonds. The molecule has 2 rings (SSSR count). The van der Waals surface area contributed by atoms with Crippen LogP contribution >= 0.6 is 0 Å². The molecule has 0 aliphatic heterocycles. The number of rotatable bonds is 5. The number of nitrogens with one attached hydrogen (secondary N) is 2. The molecule has 8 heteroatoms. The zero-order valence-electron chi connectivity index (χ0n) is 14.4. The largest absolute Gasteiger partial charge is 0.493 e. The van der Waals surface area contributed by atoms with E-state index < -0.39 is 5.69 Å². The Morgan fingerprint density at radius 2 is 2.00 bits per heavy atom. The van der Waals surface area contributed by atoms with Gasteiger partial charge >= 0.3 is 5.69 Å². The van der Waals surface area contributed by atoms with E-state index in [1.165, 1.54) is 0 Å². The van der Waals surface area contributed by atoms with Crippen LogP contribution in [0.3, 0.4) is 0 Å². The number of hydrazone groups is 1. The standard InChI is InChI=1S/C16H21N5O3/c1-16(2,3)13-14(18-15(22)21-19-13)20-17-9-10-7-6-8-11(23-4)12(10)24-5/h6-9H,1-5H3,(H2,18,20,21,22)/b17-9+. The van der Waals surface area contributed by atoms with Gasteiger partial charge in [-0.05, 0) is 12.1 Å². The smallest absolute Gasteiger partial charge is 0.363 e. The Morgan fingerprint density at radius 3 is 2.62 bits per heavy atom. The van der Waals surface area contributed by atoms with Gasteiger partial charge < -0.3 is 9.47 Å². The van der Waals surface area contributed by atoms with Gasteiger partial charge in [0.25, 0.3) is 0 Å². The fourth-order valence-electron chi connectivity index (χ4n) is 2.11. The fraction of sp³-hybridized carbons (Fsp3) is 0.375. The van der Waals surface area contributed by atoms with Gasteiger partial charge in [0, 0.05) is 11.0 Å². The molecular formula is C16H21N5O3. The van der Waals surface area contributed by atoms with Gasteiger partial charge in [-0.1, -0.05) is 26.8 Å². The van der Waals surface area contributed by atoms with Crippen LogP contribution in [-0.4, -0.2) is 35.6 Å². The Kier molecular flexibility index (Phi) is 5.18. The zero-order valence-corrected chi connectivity index (χ0v) is 14.4. The van der Waals surface area contributed by atoms with Crippen molar-refractivity contribution in [1.29, 1.82) is 0 Å². The van der Waals surface area contributed by atoms with Crippen LogP contribution in [0.4, 0.5) is 5.82 Å². The van der Waals surface area contributed by atoms with Crippen molar-refractivity contribution >= 4 is 12.0 Å². The van der Waals surface area contributed by atoms with E-state index in [1.807, 2.05) is 32.9 Å². The van der Waals surface area contributed by atoms with E-state index in [2.05, 4.69) is 25.7 Å². The summed E-state index contributed by atoms with van der Waals surface area (Å²) in [5.74, 6) is 1.48. The number of para-hydroxylation sites is 1. The van der Waals surface area contributed by atoms with E-state index >= 15 is 0 Å². The highest BCUT2D eigenvalue weighted by Gasteiger charge is 2.21. The lowest BCUT2D eigenvalue weighted by Crippen LogP contribution is -2.24. The Morgan fingerprint density at radius 1 is 1.25 bits per heavy atom. The first-order valence-electron chi connectivity index (χ1n) is 7.34. The van der Waals surface area contributed by atoms with Gasteiger partial charge in [0.15, 0.2) is 17.3 Å². The number of aromatic nitrogens is 3. The minimum Gasteiger partial charge on any atom is -0.493 e. The Hall–Kier alpha value is -2.90. The topological polar surface area (TPSA) is 101 Å². The third-order valence-electron chi connectivity index (χ3n) is 3.22. The van der Waals surface area contributed by atoms with Crippen LogP contribution in [0.15, 0.2) is 28.1 Å². The highest BCUT2D eigenvalue weighted by molar-refractivity contribution is 5.85. The molecule has 128 valence electrons. The molecule has 1 heterocycles. The summed E-state index contributed by atoms with van der Waals surface area (Å²) in [6.07, 6.45) is 1.57. The van der Waals surface area contributed by atoms with Crippen molar-refractivity contribution in [3.63, 3.8) is 0 Å². The second-order valence-electron chi connectivity index (χ2n) is 6.04. The van der Waals surface area contributed by atoms with Crippen molar-refractivity contribution in [2.24, 2.45) is 5.10 Å². The van der Waals surface area contributed by atoms with Crippen molar-refractivity contribution in [1.82, 2.24) is 15.2 Å². The lowest BCUT2D eigenvalue weighted by atomic mass is 9.92. The average Bonchev–Trinajstić information content (AvgIpc) is 2.53. The first-order chi connectivity index (χ1) is 11.4. The molecule has 0 aliphatic rings. The maximum atomic E-state index is 11.4. The summed E-state index contributed by atoms with van der Waals surface area (Å²) in [7, 11) is 3.13. The number of hydrogen-bond acceptors (Lipinski definition) is 7. The number of aromatic amines is 1. The lowest BCUT2D eigenvalue weighted by Gasteiger charge is -2.18. The number of ether oxygens (including phenoxy) is 2. The van der Waals surface area contributed by atoms with Crippen molar-refractivity contribution < 1.29 is 9.47 Å². The second-order valence-corrected chi connectivity index (χ2v) is 6.04. The third-order valence-corrected chi connectivity index (χ3v) is 3.22. The molecule has 0 atom stereocenters. The fourth-order valence-corrected chi connectivity index (χ4v) is 2.11. The van der Waals surface area contributed by atoms with Crippen molar-refractivity contribution in [2.45, 2.75) is 26.2 Å². The molecule has 0 bridgehead atoms. The molecule has 0 unspecified atom stereocenters. The summed E-state index contributed by atoms with van der Waals surface area (Å²) < 4.78 is 10.6. The number of hydrogen-bond donors (Lipinski definition) is 2. The minimum absolute atomic E-state index is 0.303. The van der Waals surface area contributed by atoms with Crippen LogP contribution in [0.1, 0.15) is 32.0 Å². The van der Waals surface area contributed by atoms with Crippen LogP contribution in [0.5, 0.6) is 11.5 Å². The second kappa shape index (κ2) is 7.12. The van der Waals surface area contributed by atoms with Gasteiger partial charge in [-0.25, -0.2) is 9.89 Å². The molecule has 0 fully saturated rings. The predicted octanol–water partition coefficient (Wildman–Crippen LogP) is 1.93. The van der Waals surface area contributed by atoms with Crippen LogP contribution < -0.4 is 20.6 Å². The zero-order chi connectivity index (χ0) is 17.7. The lowest BCUT2D eigenvalue weighted by molar-refractivity contribution is 0.354. The van der Waals surface area contributed by atoms with E-state index in [9.17, 15) is 4.79 Å². The van der Waals surface area contributed by atoms with Crippen molar-refractivity contribution in [2.75, 3.05) is 19.6 Å². The van der Waals surface area contributed by atoms with Crippen LogP contribution in [0.2, 0.25) is 0 Å². The molecule has 0 aliphatic carbocycles. The summed E-state index contributed by atoms with van der Waals surface area (Å²) in [4.78, 5) is 15.3. The highest BCUT2D eigenvalue weighted by Crippen LogP contribution is 2.29. The van der Waals surface area contributed by atoms with Gasteiger partial charge in [-0.15, -0.1) is 0 Å². The van der Waals surface area contributed by atoms with E-state index in [0.29, 0.717) is 23.0 Å². The molecular weight excluding hydrogens is 310 g/mol. The summed E-state index contributed by atoms with van der Waals surface area (Å²) in [6.45, 7) is 5.90. The maximum Gasteiger partial charge on any atom is 0.363 e. The highest BCUT2D eigenvalue weighted by atomic mass is 16.5. The summed E-state index contributed by atoms with van der Waals surface area (Å²) in [6, 6.07) is 5.46. The first kappa shape index (κ1) is 17.5. The summed E-state index contributed by atoms with van der Waals surface area (Å²) in [5, 5.41) is 10.5. The summed E-state index contributed by atoms with van der Waals surface area (Å²) >= 11 is 0. The first-order valence-corrected chi connectivity index (χ1v) is 7.34. The summed E-state index contributed by atoms with van der Waals surface area (Å²) in [5.41, 5.74) is 3.26. The molecule has 1 aromatic heterocycles. The van der Waals surface area contributed by atoms with Gasteiger partial charge in [0.2, 0.25) is 0 Å². The maximum absolute atomic E-state index is 11.4. The Labute approximate surface area is 139 Å². The average molecular weight is 331 g/mol. The van der Waals surface area contributed by atoms with Crippen LogP contribution in [-0.2, 0) is 5.41 Å². The molecule has 24 heavy (non-hydrogen) atoms. The molecule has 0 radical (unpaired) electrons.